The molecule has 82 valence electrons. The predicted octanol–water partition coefficient (Wildman–Crippen LogP) is 4.64. The minimum Gasteiger partial charge on any atom is -0.264 e. The predicted molar refractivity (Wildman–Crippen MR) is 71.1 cm³/mol. The van der Waals surface area contributed by atoms with E-state index in [0.29, 0.717) is 0 Å². The second-order valence-electron chi connectivity index (χ2n) is 3.32. The second kappa shape index (κ2) is 7.98. The van der Waals surface area contributed by atoms with Gasteiger partial charge >= 0.3 is 0 Å². The van der Waals surface area contributed by atoms with Crippen LogP contribution in [0.2, 0.25) is 0 Å². The molecule has 1 heteroatoms. The van der Waals surface area contributed by atoms with Gasteiger partial charge in [-0.3, -0.25) is 4.99 Å². The van der Waals surface area contributed by atoms with E-state index >= 15 is 0 Å². The fourth-order valence-electron chi connectivity index (χ4n) is 1.13. The largest absolute Gasteiger partial charge is 0.264 e. The molecule has 0 aliphatic carbocycles. The molecule has 0 fully saturated rings. The van der Waals surface area contributed by atoms with Crippen LogP contribution in [0.5, 0.6) is 0 Å². The lowest BCUT2D eigenvalue weighted by Crippen LogP contribution is -1.81. The van der Waals surface area contributed by atoms with Gasteiger partial charge in [0.15, 0.2) is 0 Å². The van der Waals surface area contributed by atoms with Crippen LogP contribution in [0.25, 0.3) is 6.08 Å². The van der Waals surface area contributed by atoms with Crippen molar-refractivity contribution in [1.29, 1.82) is 0 Å². The van der Waals surface area contributed by atoms with Crippen molar-refractivity contribution < 1.29 is 0 Å². The van der Waals surface area contributed by atoms with E-state index in [0.717, 1.165) is 17.7 Å². The average Bonchev–Trinajstić information content (AvgIpc) is 2.29. The van der Waals surface area contributed by atoms with Gasteiger partial charge in [0, 0.05) is 0 Å². The first kappa shape index (κ1) is 13.6. The summed E-state index contributed by atoms with van der Waals surface area (Å²) in [5.74, 6) is 0. The van der Waals surface area contributed by atoms with E-state index in [1.54, 1.807) is 0 Å². The SMILES string of the molecule is C=Cc1cc(CC)ccc1N=C.CCC. The molecular formula is C14H21N. The molecule has 15 heavy (non-hydrogen) atoms. The van der Waals surface area contributed by atoms with Crippen LogP contribution in [0.1, 0.15) is 38.3 Å². The first-order chi connectivity index (χ1) is 7.23. The van der Waals surface area contributed by atoms with Crippen LogP contribution in [0.3, 0.4) is 0 Å². The number of aryl methyl sites for hydroxylation is 1. The highest BCUT2D eigenvalue weighted by Gasteiger charge is 1.96. The van der Waals surface area contributed by atoms with E-state index < -0.39 is 0 Å². The smallest absolute Gasteiger partial charge is 0.0694 e. The highest BCUT2D eigenvalue weighted by molar-refractivity contribution is 5.65. The van der Waals surface area contributed by atoms with E-state index in [1.807, 2.05) is 12.1 Å². The zero-order chi connectivity index (χ0) is 11.7. The van der Waals surface area contributed by atoms with Crippen LogP contribution in [0.4, 0.5) is 5.69 Å². The third-order valence-corrected chi connectivity index (χ3v) is 1.89. The van der Waals surface area contributed by atoms with Gasteiger partial charge in [0.1, 0.15) is 0 Å². The summed E-state index contributed by atoms with van der Waals surface area (Å²) in [7, 11) is 0. The first-order valence-electron chi connectivity index (χ1n) is 5.45. The number of benzene rings is 1. The fourth-order valence-corrected chi connectivity index (χ4v) is 1.13. The van der Waals surface area contributed by atoms with Gasteiger partial charge in [-0.05, 0) is 36.4 Å². The maximum absolute atomic E-state index is 3.90. The standard InChI is InChI=1S/C11H13N.C3H8/c1-4-9-6-7-11(12-3)10(5-2)8-9;1-3-2/h5-8H,2-4H2,1H3;3H2,1-2H3. The molecule has 1 aromatic rings. The number of nitrogens with zero attached hydrogens (tertiary/aromatic N) is 1. The van der Waals surface area contributed by atoms with Gasteiger partial charge in [-0.1, -0.05) is 45.9 Å². The number of rotatable bonds is 3. The minimum atomic E-state index is 0.905. The van der Waals surface area contributed by atoms with E-state index in [4.69, 9.17) is 0 Å². The Labute approximate surface area is 93.6 Å². The van der Waals surface area contributed by atoms with E-state index in [-0.39, 0.29) is 0 Å². The molecule has 0 spiro atoms. The summed E-state index contributed by atoms with van der Waals surface area (Å²) in [4.78, 5) is 3.90. The van der Waals surface area contributed by atoms with Crippen molar-refractivity contribution in [3.8, 4) is 0 Å². The van der Waals surface area contributed by atoms with Crippen molar-refractivity contribution in [3.63, 3.8) is 0 Å². The summed E-state index contributed by atoms with van der Waals surface area (Å²) in [5.41, 5.74) is 3.27. The summed E-state index contributed by atoms with van der Waals surface area (Å²) in [6.45, 7) is 13.6. The van der Waals surface area contributed by atoms with Crippen molar-refractivity contribution in [2.24, 2.45) is 4.99 Å². The first-order valence-corrected chi connectivity index (χ1v) is 5.45. The van der Waals surface area contributed by atoms with Gasteiger partial charge in [0.05, 0.1) is 5.69 Å². The van der Waals surface area contributed by atoms with Crippen molar-refractivity contribution in [3.05, 3.63) is 35.9 Å². The molecule has 1 aromatic carbocycles. The zero-order valence-corrected chi connectivity index (χ0v) is 10.1. The van der Waals surface area contributed by atoms with Gasteiger partial charge in [0.2, 0.25) is 0 Å². The fraction of sp³-hybridized carbons (Fsp3) is 0.357. The maximum Gasteiger partial charge on any atom is 0.0694 e. The van der Waals surface area contributed by atoms with Crippen LogP contribution in [0.15, 0.2) is 29.8 Å². The van der Waals surface area contributed by atoms with E-state index in [1.165, 1.54) is 12.0 Å². The number of hydrogen-bond donors (Lipinski definition) is 0. The molecule has 0 saturated carbocycles. The molecule has 0 radical (unpaired) electrons. The molecular weight excluding hydrogens is 182 g/mol. The molecule has 0 atom stereocenters. The number of hydrogen-bond acceptors (Lipinski definition) is 1. The van der Waals surface area contributed by atoms with E-state index in [9.17, 15) is 0 Å². The quantitative estimate of drug-likeness (QED) is 0.634. The highest BCUT2D eigenvalue weighted by atomic mass is 14.7. The molecule has 1 rings (SSSR count). The Bertz CT molecular complexity index is 313. The van der Waals surface area contributed by atoms with Gasteiger partial charge in [-0.2, -0.15) is 0 Å². The van der Waals surface area contributed by atoms with Crippen LogP contribution in [0, 0.1) is 0 Å². The molecule has 0 bridgehead atoms. The Morgan fingerprint density at radius 2 is 1.87 bits per heavy atom. The normalized spacial score (nSPS) is 8.73. The van der Waals surface area contributed by atoms with Crippen LogP contribution < -0.4 is 0 Å². The monoisotopic (exact) mass is 203 g/mol. The number of aliphatic imine (C=N–C) groups is 1. The lowest BCUT2D eigenvalue weighted by atomic mass is 10.1. The van der Waals surface area contributed by atoms with Gasteiger partial charge in [-0.25, -0.2) is 0 Å². The Kier molecular flexibility index (Phi) is 7.25. The summed E-state index contributed by atoms with van der Waals surface area (Å²) in [6, 6.07) is 6.14. The molecule has 0 heterocycles. The van der Waals surface area contributed by atoms with Gasteiger partial charge in [0.25, 0.3) is 0 Å². The van der Waals surface area contributed by atoms with Crippen molar-refractivity contribution in [1.82, 2.24) is 0 Å². The molecule has 0 amide bonds. The van der Waals surface area contributed by atoms with Gasteiger partial charge in [-0.15, -0.1) is 0 Å². The van der Waals surface area contributed by atoms with Crippen molar-refractivity contribution >= 4 is 18.5 Å². The van der Waals surface area contributed by atoms with Crippen LogP contribution in [-0.4, -0.2) is 6.72 Å². The molecule has 0 unspecified atom stereocenters. The molecule has 0 aromatic heterocycles. The van der Waals surface area contributed by atoms with Crippen molar-refractivity contribution in [2.45, 2.75) is 33.6 Å². The third-order valence-electron chi connectivity index (χ3n) is 1.89. The Hall–Kier alpha value is -1.37. The summed E-state index contributed by atoms with van der Waals surface area (Å²) < 4.78 is 0. The lowest BCUT2D eigenvalue weighted by Gasteiger charge is -2.02. The van der Waals surface area contributed by atoms with E-state index in [2.05, 4.69) is 51.2 Å². The average molecular weight is 203 g/mol. The topological polar surface area (TPSA) is 12.4 Å². The second-order valence-corrected chi connectivity index (χ2v) is 3.32. The minimum absolute atomic E-state index is 0.905. The molecule has 0 aliphatic rings. The Morgan fingerprint density at radius 1 is 1.27 bits per heavy atom. The van der Waals surface area contributed by atoms with Gasteiger partial charge < -0.3 is 0 Å². The molecule has 0 aliphatic heterocycles. The Balaban J connectivity index is 0.000000583. The Morgan fingerprint density at radius 3 is 2.27 bits per heavy atom. The summed E-state index contributed by atoms with van der Waals surface area (Å²) >= 11 is 0. The van der Waals surface area contributed by atoms with Crippen LogP contribution in [-0.2, 0) is 6.42 Å². The zero-order valence-electron chi connectivity index (χ0n) is 10.1. The molecule has 1 nitrogen and oxygen atoms in total. The highest BCUT2D eigenvalue weighted by Crippen LogP contribution is 2.21. The molecule has 0 N–H and O–H groups in total. The van der Waals surface area contributed by atoms with Crippen molar-refractivity contribution in [2.75, 3.05) is 0 Å². The summed E-state index contributed by atoms with van der Waals surface area (Å²) in [6.07, 6.45) is 4.10. The summed E-state index contributed by atoms with van der Waals surface area (Å²) in [5, 5.41) is 0. The van der Waals surface area contributed by atoms with Crippen LogP contribution >= 0.6 is 0 Å². The molecule has 0 saturated heterocycles. The lowest BCUT2D eigenvalue weighted by molar-refractivity contribution is 1.09. The third kappa shape index (κ3) is 4.59. The maximum atomic E-state index is 3.90.